The van der Waals surface area contributed by atoms with Crippen LogP contribution in [0.15, 0.2) is 41.1 Å². The van der Waals surface area contributed by atoms with Crippen LogP contribution in [0, 0.1) is 32.1 Å². The third kappa shape index (κ3) is 4.03. The number of hydrogen-bond acceptors (Lipinski definition) is 6. The number of nitriles is 1. The van der Waals surface area contributed by atoms with Crippen molar-refractivity contribution in [1.29, 1.82) is 5.26 Å². The zero-order chi connectivity index (χ0) is 18.7. The van der Waals surface area contributed by atoms with Gasteiger partial charge in [0.05, 0.1) is 11.8 Å². The summed E-state index contributed by atoms with van der Waals surface area (Å²) >= 11 is 2.69. The van der Waals surface area contributed by atoms with Gasteiger partial charge in [-0.1, -0.05) is 17.8 Å². The van der Waals surface area contributed by atoms with Gasteiger partial charge in [0.25, 0.3) is 0 Å². The number of carbonyl (C=O) groups excluding carboxylic acids is 1. The lowest BCUT2D eigenvalue weighted by Crippen LogP contribution is -2.13. The van der Waals surface area contributed by atoms with Crippen LogP contribution in [0.25, 0.3) is 5.69 Å². The number of Topliss-reactive ketones (excluding diaryl/α,β-unsaturated/α-hetero) is 1. The van der Waals surface area contributed by atoms with E-state index < -0.39 is 5.92 Å². The maximum absolute atomic E-state index is 12.5. The number of aromatic nitrogens is 3. The number of hydrogen-bond donors (Lipinski definition) is 0. The van der Waals surface area contributed by atoms with E-state index in [4.69, 9.17) is 0 Å². The predicted molar refractivity (Wildman–Crippen MR) is 104 cm³/mol. The molecule has 1 aromatic carbocycles. The van der Waals surface area contributed by atoms with Crippen molar-refractivity contribution >= 4 is 28.9 Å². The van der Waals surface area contributed by atoms with Gasteiger partial charge in [0, 0.05) is 29.2 Å². The van der Waals surface area contributed by atoms with Gasteiger partial charge in [-0.25, -0.2) is 9.97 Å². The first-order valence-corrected chi connectivity index (χ1v) is 9.93. The Hall–Kier alpha value is -2.43. The van der Waals surface area contributed by atoms with Crippen LogP contribution in [-0.4, -0.2) is 26.1 Å². The number of ketones is 1. The van der Waals surface area contributed by atoms with E-state index >= 15 is 0 Å². The Morgan fingerprint density at radius 3 is 2.65 bits per heavy atom. The highest BCUT2D eigenvalue weighted by Gasteiger charge is 2.24. The van der Waals surface area contributed by atoms with Crippen LogP contribution in [0.2, 0.25) is 0 Å². The van der Waals surface area contributed by atoms with Gasteiger partial charge in [-0.15, -0.1) is 11.3 Å². The Morgan fingerprint density at radius 1 is 1.31 bits per heavy atom. The molecule has 0 saturated heterocycles. The predicted octanol–water partition coefficient (Wildman–Crippen LogP) is 4.22. The van der Waals surface area contributed by atoms with Crippen molar-refractivity contribution in [2.24, 2.45) is 0 Å². The molecule has 3 rings (SSSR count). The largest absolute Gasteiger partial charge is 0.297 e. The molecule has 0 aliphatic rings. The minimum atomic E-state index is -0.814. The van der Waals surface area contributed by atoms with Gasteiger partial charge in [-0.2, -0.15) is 5.26 Å². The van der Waals surface area contributed by atoms with Crippen LogP contribution in [0.5, 0.6) is 0 Å². The molecule has 0 amide bonds. The third-order valence-corrected chi connectivity index (χ3v) is 5.79. The molecule has 0 N–H and O–H groups in total. The molecule has 3 aromatic rings. The second-order valence-corrected chi connectivity index (χ2v) is 7.90. The van der Waals surface area contributed by atoms with Crippen molar-refractivity contribution in [3.63, 3.8) is 0 Å². The number of thioether (sulfide) groups is 1. The van der Waals surface area contributed by atoms with Crippen molar-refractivity contribution < 1.29 is 4.79 Å². The lowest BCUT2D eigenvalue weighted by atomic mass is 10.1. The summed E-state index contributed by atoms with van der Waals surface area (Å²) < 4.78 is 1.97. The topological polar surface area (TPSA) is 71.6 Å². The van der Waals surface area contributed by atoms with Crippen LogP contribution in [0.1, 0.15) is 27.7 Å². The number of rotatable bonds is 6. The molecule has 26 heavy (non-hydrogen) atoms. The first kappa shape index (κ1) is 18.4. The molecular formula is C19H18N4OS2. The Balaban J connectivity index is 1.75. The van der Waals surface area contributed by atoms with Gasteiger partial charge in [0.1, 0.15) is 5.01 Å². The van der Waals surface area contributed by atoms with Gasteiger partial charge in [-0.3, -0.25) is 9.36 Å². The quantitative estimate of drug-likeness (QED) is 0.597. The number of benzene rings is 1. The Morgan fingerprint density at radius 2 is 2.04 bits per heavy atom. The zero-order valence-corrected chi connectivity index (χ0v) is 16.4. The molecule has 2 aromatic heterocycles. The summed E-state index contributed by atoms with van der Waals surface area (Å²) in [6.07, 6.45) is 3.60. The molecule has 5 nitrogen and oxygen atoms in total. The van der Waals surface area contributed by atoms with E-state index in [0.717, 1.165) is 16.5 Å². The van der Waals surface area contributed by atoms with E-state index in [9.17, 15) is 10.1 Å². The lowest BCUT2D eigenvalue weighted by molar-refractivity contribution is -0.116. The fourth-order valence-corrected chi connectivity index (χ4v) is 4.41. The molecule has 0 spiro atoms. The van der Waals surface area contributed by atoms with Gasteiger partial charge in [-0.05, 0) is 44.0 Å². The maximum Gasteiger partial charge on any atom is 0.173 e. The summed E-state index contributed by atoms with van der Waals surface area (Å²) in [5, 5.41) is 12.5. The van der Waals surface area contributed by atoms with E-state index in [2.05, 4.69) is 48.1 Å². The number of imidazole rings is 1. The van der Waals surface area contributed by atoms with Gasteiger partial charge >= 0.3 is 0 Å². The van der Waals surface area contributed by atoms with Gasteiger partial charge in [0.15, 0.2) is 16.9 Å². The number of thiazole rings is 1. The average Bonchev–Trinajstić information content (AvgIpc) is 3.22. The highest BCUT2D eigenvalue weighted by atomic mass is 32.2. The highest BCUT2D eigenvalue weighted by molar-refractivity contribution is 7.99. The van der Waals surface area contributed by atoms with Crippen LogP contribution < -0.4 is 0 Å². The molecule has 2 heterocycles. The third-order valence-electron chi connectivity index (χ3n) is 3.77. The minimum Gasteiger partial charge on any atom is -0.297 e. The molecule has 132 valence electrons. The smallest absolute Gasteiger partial charge is 0.173 e. The number of nitrogens with zero attached hydrogens (tertiary/aromatic N) is 4. The summed E-state index contributed by atoms with van der Waals surface area (Å²) in [6.45, 7) is 5.96. The van der Waals surface area contributed by atoms with Crippen molar-refractivity contribution in [2.75, 3.05) is 5.75 Å². The molecule has 0 aliphatic heterocycles. The first-order chi connectivity index (χ1) is 12.5. The molecule has 0 fully saturated rings. The maximum atomic E-state index is 12.5. The molecule has 0 saturated carbocycles. The van der Waals surface area contributed by atoms with Gasteiger partial charge < -0.3 is 0 Å². The van der Waals surface area contributed by atoms with Crippen LogP contribution in [-0.2, 0) is 4.79 Å². The average molecular weight is 383 g/mol. The summed E-state index contributed by atoms with van der Waals surface area (Å²) in [4.78, 5) is 21.2. The first-order valence-electron chi connectivity index (χ1n) is 8.07. The summed E-state index contributed by atoms with van der Waals surface area (Å²) in [6, 6.07) is 8.36. The molecule has 1 unspecified atom stereocenters. The van der Waals surface area contributed by atoms with Crippen molar-refractivity contribution in [3.8, 4) is 11.8 Å². The molecular weight excluding hydrogens is 364 g/mol. The standard InChI is InChI=1S/C19H18N4OS2/c1-12-6-13(2)8-15(7-12)23-5-4-21-19(23)26-11-17(24)16(9-20)18-22-14(3)10-25-18/h4-8,10,16H,11H2,1-3H3. The van der Waals surface area contributed by atoms with Crippen molar-refractivity contribution in [2.45, 2.75) is 31.8 Å². The summed E-state index contributed by atoms with van der Waals surface area (Å²) in [5.74, 6) is -0.786. The van der Waals surface area contributed by atoms with Crippen LogP contribution >= 0.6 is 23.1 Å². The highest BCUT2D eigenvalue weighted by Crippen LogP contribution is 2.26. The summed E-state index contributed by atoms with van der Waals surface area (Å²) in [7, 11) is 0. The molecule has 7 heteroatoms. The van der Waals surface area contributed by atoms with E-state index in [1.165, 1.54) is 34.2 Å². The van der Waals surface area contributed by atoms with E-state index in [1.807, 2.05) is 23.1 Å². The Labute approximate surface area is 160 Å². The summed E-state index contributed by atoms with van der Waals surface area (Å²) in [5.41, 5.74) is 4.19. The minimum absolute atomic E-state index is 0.151. The van der Waals surface area contributed by atoms with E-state index in [1.54, 1.807) is 6.20 Å². The van der Waals surface area contributed by atoms with Gasteiger partial charge in [0.2, 0.25) is 0 Å². The molecule has 0 aliphatic carbocycles. The number of aryl methyl sites for hydroxylation is 3. The SMILES string of the molecule is Cc1cc(C)cc(-n2ccnc2SCC(=O)C(C#N)c2nc(C)cs2)c1. The fourth-order valence-electron chi connectivity index (χ4n) is 2.67. The normalized spacial score (nSPS) is 11.9. The van der Waals surface area contributed by atoms with Crippen molar-refractivity contribution in [3.05, 3.63) is 57.8 Å². The fraction of sp³-hybridized carbons (Fsp3) is 0.263. The van der Waals surface area contributed by atoms with E-state index in [-0.39, 0.29) is 11.5 Å². The van der Waals surface area contributed by atoms with E-state index in [0.29, 0.717) is 5.01 Å². The molecule has 0 bridgehead atoms. The Kier molecular flexibility index (Phi) is 5.55. The second kappa shape index (κ2) is 7.85. The van der Waals surface area contributed by atoms with Crippen molar-refractivity contribution in [1.82, 2.24) is 14.5 Å². The molecule has 1 atom stereocenters. The zero-order valence-electron chi connectivity index (χ0n) is 14.8. The van der Waals surface area contributed by atoms with Crippen LogP contribution in [0.4, 0.5) is 0 Å². The Bertz CT molecular complexity index is 963. The monoisotopic (exact) mass is 382 g/mol. The number of carbonyl (C=O) groups is 1. The molecule has 0 radical (unpaired) electrons. The van der Waals surface area contributed by atoms with Crippen LogP contribution in [0.3, 0.4) is 0 Å². The lowest BCUT2D eigenvalue weighted by Gasteiger charge is -2.10. The second-order valence-electron chi connectivity index (χ2n) is 6.07.